The van der Waals surface area contributed by atoms with Crippen molar-refractivity contribution in [3.05, 3.63) is 17.5 Å². The highest BCUT2D eigenvalue weighted by molar-refractivity contribution is 5.91. The van der Waals surface area contributed by atoms with E-state index in [9.17, 15) is 9.59 Å². The van der Waals surface area contributed by atoms with E-state index < -0.39 is 12.0 Å². The first kappa shape index (κ1) is 9.70. The Morgan fingerprint density at radius 1 is 1.60 bits per heavy atom. The van der Waals surface area contributed by atoms with Crippen molar-refractivity contribution in [2.45, 2.75) is 25.2 Å². The Morgan fingerprint density at radius 3 is 2.60 bits per heavy atom. The van der Waals surface area contributed by atoms with E-state index >= 15 is 0 Å². The molecule has 1 aromatic heterocycles. The molecule has 0 unspecified atom stereocenters. The van der Waals surface area contributed by atoms with Gasteiger partial charge >= 0.3 is 12.0 Å². The summed E-state index contributed by atoms with van der Waals surface area (Å²) < 4.78 is 0.983. The highest BCUT2D eigenvalue weighted by Gasteiger charge is 2.45. The van der Waals surface area contributed by atoms with Crippen molar-refractivity contribution in [2.75, 3.05) is 0 Å². The average molecular weight is 209 g/mol. The number of hydrogen-bond donors (Lipinski definition) is 2. The van der Waals surface area contributed by atoms with Crippen LogP contribution in [0.15, 0.2) is 6.20 Å². The summed E-state index contributed by atoms with van der Waals surface area (Å²) in [5.41, 5.74) is 5.34. The molecule has 2 rings (SSSR count). The maximum atomic E-state index is 11.1. The van der Waals surface area contributed by atoms with Gasteiger partial charge in [0.05, 0.1) is 11.9 Å². The van der Waals surface area contributed by atoms with Crippen LogP contribution in [-0.4, -0.2) is 26.9 Å². The lowest BCUT2D eigenvalue weighted by atomic mass is 10.0. The molecule has 15 heavy (non-hydrogen) atoms. The van der Waals surface area contributed by atoms with Gasteiger partial charge in [-0.2, -0.15) is 9.78 Å². The van der Waals surface area contributed by atoms with Gasteiger partial charge in [0.15, 0.2) is 0 Å². The van der Waals surface area contributed by atoms with E-state index in [0.29, 0.717) is 5.69 Å². The van der Waals surface area contributed by atoms with Gasteiger partial charge in [0, 0.05) is 5.41 Å². The summed E-state index contributed by atoms with van der Waals surface area (Å²) in [7, 11) is 0. The van der Waals surface area contributed by atoms with Crippen LogP contribution in [0.2, 0.25) is 0 Å². The second kappa shape index (κ2) is 2.82. The SMILES string of the molecule is CC1(c2c(C(=O)O)cnn2C(N)=O)CC1. The molecule has 0 bridgehead atoms. The molecule has 0 atom stereocenters. The van der Waals surface area contributed by atoms with Crippen LogP contribution in [0.25, 0.3) is 0 Å². The third kappa shape index (κ3) is 1.38. The molecule has 0 aromatic carbocycles. The van der Waals surface area contributed by atoms with E-state index in [0.717, 1.165) is 17.5 Å². The van der Waals surface area contributed by atoms with Crippen molar-refractivity contribution in [1.29, 1.82) is 0 Å². The number of aromatic carboxylic acids is 1. The number of carboxylic acids is 1. The van der Waals surface area contributed by atoms with Crippen LogP contribution < -0.4 is 5.73 Å². The van der Waals surface area contributed by atoms with Crippen LogP contribution >= 0.6 is 0 Å². The number of aromatic nitrogens is 2. The zero-order valence-electron chi connectivity index (χ0n) is 8.23. The van der Waals surface area contributed by atoms with Gasteiger partial charge in [-0.15, -0.1) is 0 Å². The first-order valence-corrected chi connectivity index (χ1v) is 4.57. The lowest BCUT2D eigenvalue weighted by molar-refractivity contribution is 0.0695. The Morgan fingerprint density at radius 2 is 2.20 bits per heavy atom. The maximum Gasteiger partial charge on any atom is 0.339 e. The molecule has 0 spiro atoms. The summed E-state index contributed by atoms with van der Waals surface area (Å²) in [5.74, 6) is -1.08. The van der Waals surface area contributed by atoms with Gasteiger partial charge in [-0.3, -0.25) is 0 Å². The number of primary amides is 1. The minimum atomic E-state index is -1.08. The molecule has 0 saturated heterocycles. The van der Waals surface area contributed by atoms with Gasteiger partial charge in [-0.1, -0.05) is 6.92 Å². The van der Waals surface area contributed by atoms with Gasteiger partial charge in [0.25, 0.3) is 0 Å². The second-order valence-corrected chi connectivity index (χ2v) is 4.02. The molecule has 0 aliphatic heterocycles. The van der Waals surface area contributed by atoms with E-state index in [1.807, 2.05) is 6.92 Å². The van der Waals surface area contributed by atoms with Crippen molar-refractivity contribution in [3.63, 3.8) is 0 Å². The van der Waals surface area contributed by atoms with Gasteiger partial charge in [-0.25, -0.2) is 9.59 Å². The van der Waals surface area contributed by atoms with Crippen molar-refractivity contribution in [1.82, 2.24) is 9.78 Å². The first-order valence-electron chi connectivity index (χ1n) is 4.57. The van der Waals surface area contributed by atoms with E-state index in [4.69, 9.17) is 10.8 Å². The number of amides is 1. The predicted octanol–water partition coefficient (Wildman–Crippen LogP) is 0.560. The van der Waals surface area contributed by atoms with Gasteiger partial charge < -0.3 is 10.8 Å². The van der Waals surface area contributed by atoms with E-state index in [2.05, 4.69) is 5.10 Å². The van der Waals surface area contributed by atoms with E-state index in [1.54, 1.807) is 0 Å². The Kier molecular flexibility index (Phi) is 1.82. The lowest BCUT2D eigenvalue weighted by Crippen LogP contribution is -2.26. The normalized spacial score (nSPS) is 17.4. The summed E-state index contributed by atoms with van der Waals surface area (Å²) in [6, 6.07) is -0.745. The number of carbonyl (C=O) groups excluding carboxylic acids is 1. The fraction of sp³-hybridized carbons (Fsp3) is 0.444. The van der Waals surface area contributed by atoms with E-state index in [1.165, 1.54) is 6.20 Å². The van der Waals surface area contributed by atoms with Crippen molar-refractivity contribution < 1.29 is 14.7 Å². The monoisotopic (exact) mass is 209 g/mol. The number of carbonyl (C=O) groups is 2. The van der Waals surface area contributed by atoms with Crippen LogP contribution in [-0.2, 0) is 5.41 Å². The summed E-state index contributed by atoms with van der Waals surface area (Å²) in [6.07, 6.45) is 2.88. The molecular formula is C9H11N3O3. The molecule has 1 aliphatic rings. The first-order chi connectivity index (χ1) is 6.96. The topological polar surface area (TPSA) is 98.2 Å². The van der Waals surface area contributed by atoms with Crippen molar-refractivity contribution in [2.24, 2.45) is 5.73 Å². The molecular weight excluding hydrogens is 198 g/mol. The Labute approximate surface area is 85.7 Å². The van der Waals surface area contributed by atoms with Crippen LogP contribution in [0.1, 0.15) is 35.8 Å². The number of nitrogens with zero attached hydrogens (tertiary/aromatic N) is 2. The van der Waals surface area contributed by atoms with Crippen LogP contribution in [0, 0.1) is 0 Å². The average Bonchev–Trinajstić information content (AvgIpc) is 2.73. The zero-order chi connectivity index (χ0) is 11.2. The van der Waals surface area contributed by atoms with Gasteiger partial charge in [0.2, 0.25) is 0 Å². The molecule has 1 heterocycles. The summed E-state index contributed by atoms with van der Waals surface area (Å²) >= 11 is 0. The minimum absolute atomic E-state index is 0.0637. The molecule has 1 saturated carbocycles. The highest BCUT2D eigenvalue weighted by Crippen LogP contribution is 2.48. The zero-order valence-corrected chi connectivity index (χ0v) is 8.23. The molecule has 6 heteroatoms. The summed E-state index contributed by atoms with van der Waals surface area (Å²) in [6.45, 7) is 1.90. The van der Waals surface area contributed by atoms with E-state index in [-0.39, 0.29) is 11.0 Å². The molecule has 1 aromatic rings. The summed E-state index contributed by atoms with van der Waals surface area (Å²) in [5, 5.41) is 12.7. The van der Waals surface area contributed by atoms with Gasteiger partial charge in [-0.05, 0) is 12.8 Å². The van der Waals surface area contributed by atoms with Gasteiger partial charge in [0.1, 0.15) is 5.56 Å². The molecule has 1 aliphatic carbocycles. The van der Waals surface area contributed by atoms with Crippen molar-refractivity contribution >= 4 is 12.0 Å². The third-order valence-electron chi connectivity index (χ3n) is 2.78. The number of carboxylic acid groups (broad SMARTS) is 1. The lowest BCUT2D eigenvalue weighted by Gasteiger charge is -2.10. The van der Waals surface area contributed by atoms with Crippen LogP contribution in [0.5, 0.6) is 0 Å². The molecule has 3 N–H and O–H groups in total. The minimum Gasteiger partial charge on any atom is -0.478 e. The number of hydrogen-bond acceptors (Lipinski definition) is 3. The Bertz CT molecular complexity index is 414. The Balaban J connectivity index is 2.59. The van der Waals surface area contributed by atoms with Crippen LogP contribution in [0.4, 0.5) is 4.79 Å². The standard InChI is InChI=1S/C9H11N3O3/c1-9(2-3-9)6-5(7(13)14)4-11-12(6)8(10)15/h4H,2-3H2,1H3,(H2,10,15)(H,13,14). The Hall–Kier alpha value is -1.85. The molecule has 1 amide bonds. The number of rotatable bonds is 2. The number of nitrogens with two attached hydrogens (primary N) is 1. The third-order valence-corrected chi connectivity index (χ3v) is 2.78. The molecule has 80 valence electrons. The quantitative estimate of drug-likeness (QED) is 0.743. The largest absolute Gasteiger partial charge is 0.478 e. The molecule has 1 fully saturated rings. The van der Waals surface area contributed by atoms with Crippen molar-refractivity contribution in [3.8, 4) is 0 Å². The smallest absolute Gasteiger partial charge is 0.339 e. The maximum absolute atomic E-state index is 11.1. The molecule has 6 nitrogen and oxygen atoms in total. The molecule has 0 radical (unpaired) electrons. The fourth-order valence-corrected chi connectivity index (χ4v) is 1.68. The summed E-state index contributed by atoms with van der Waals surface area (Å²) in [4.78, 5) is 22.0. The van der Waals surface area contributed by atoms with Crippen LogP contribution in [0.3, 0.4) is 0 Å². The predicted molar refractivity (Wildman–Crippen MR) is 50.8 cm³/mol. The second-order valence-electron chi connectivity index (χ2n) is 4.02. The fourth-order valence-electron chi connectivity index (χ4n) is 1.68. The highest BCUT2D eigenvalue weighted by atomic mass is 16.4.